The van der Waals surface area contributed by atoms with E-state index in [1.54, 1.807) is 38.3 Å². The van der Waals surface area contributed by atoms with E-state index >= 15 is 0 Å². The van der Waals surface area contributed by atoms with E-state index in [9.17, 15) is 9.59 Å². The number of ether oxygens (including phenoxy) is 3. The Balaban J connectivity index is 2.06. The molecule has 0 unspecified atom stereocenters. The minimum atomic E-state index is -0.643. The highest BCUT2D eigenvalue weighted by atomic mass is 16.5. The fourth-order valence-electron chi connectivity index (χ4n) is 2.60. The molecule has 0 spiro atoms. The normalized spacial score (nSPS) is 14.5. The third-order valence-corrected chi connectivity index (χ3v) is 3.63. The van der Waals surface area contributed by atoms with Gasteiger partial charge in [-0.25, -0.2) is 4.79 Å². The van der Waals surface area contributed by atoms with Crippen molar-refractivity contribution in [1.82, 2.24) is 4.98 Å². The van der Waals surface area contributed by atoms with E-state index in [0.29, 0.717) is 35.1 Å². The minimum absolute atomic E-state index is 0.0322. The van der Waals surface area contributed by atoms with Crippen LogP contribution in [0.1, 0.15) is 34.1 Å². The fourth-order valence-corrected chi connectivity index (χ4v) is 2.60. The van der Waals surface area contributed by atoms with Crippen LogP contribution in [0.25, 0.3) is 11.8 Å². The first kappa shape index (κ1) is 15.9. The molecule has 0 bridgehead atoms. The van der Waals surface area contributed by atoms with Crippen LogP contribution in [0.2, 0.25) is 0 Å². The van der Waals surface area contributed by atoms with Crippen molar-refractivity contribution < 1.29 is 19.0 Å². The van der Waals surface area contributed by atoms with E-state index in [4.69, 9.17) is 14.2 Å². The molecular weight excluding hydrogens is 310 g/mol. The van der Waals surface area contributed by atoms with Crippen LogP contribution in [-0.2, 0) is 4.74 Å². The summed E-state index contributed by atoms with van der Waals surface area (Å²) in [5.74, 6) is 0.918. The van der Waals surface area contributed by atoms with E-state index in [1.807, 2.05) is 13.0 Å². The molecule has 6 heteroatoms. The predicted molar refractivity (Wildman–Crippen MR) is 89.2 cm³/mol. The molecule has 0 atom stereocenters. The van der Waals surface area contributed by atoms with Gasteiger partial charge in [-0.1, -0.05) is 6.07 Å². The maximum Gasteiger partial charge on any atom is 0.349 e. The summed E-state index contributed by atoms with van der Waals surface area (Å²) in [7, 11) is 1.56. The van der Waals surface area contributed by atoms with Crippen molar-refractivity contribution in [2.24, 2.45) is 0 Å². The summed E-state index contributed by atoms with van der Waals surface area (Å²) in [5, 5.41) is 0. The third kappa shape index (κ3) is 2.78. The largest absolute Gasteiger partial charge is 0.493 e. The standard InChI is InChI=1S/C18H17NO5/c1-4-23-13-6-5-11(9-15(13)22-3)8-14-12-7-10(2)19-17(20)16(12)18(21)24-14/h5-9H,4H2,1-3H3,(H,19,20). The van der Waals surface area contributed by atoms with Gasteiger partial charge >= 0.3 is 5.97 Å². The number of pyridine rings is 1. The molecule has 1 N–H and O–H groups in total. The van der Waals surface area contributed by atoms with Gasteiger partial charge in [-0.3, -0.25) is 4.79 Å². The Kier molecular flexibility index (Phi) is 4.12. The lowest BCUT2D eigenvalue weighted by Crippen LogP contribution is -2.16. The van der Waals surface area contributed by atoms with Crippen LogP contribution < -0.4 is 15.0 Å². The van der Waals surface area contributed by atoms with Crippen molar-refractivity contribution in [1.29, 1.82) is 0 Å². The number of hydrogen-bond acceptors (Lipinski definition) is 5. The second-order valence-corrected chi connectivity index (χ2v) is 5.31. The highest BCUT2D eigenvalue weighted by molar-refractivity contribution is 6.05. The Morgan fingerprint density at radius 1 is 1.21 bits per heavy atom. The number of methoxy groups -OCH3 is 1. The highest BCUT2D eigenvalue weighted by Gasteiger charge is 2.30. The monoisotopic (exact) mass is 327 g/mol. The first-order chi connectivity index (χ1) is 11.5. The summed E-state index contributed by atoms with van der Waals surface area (Å²) >= 11 is 0. The number of aromatic amines is 1. The summed E-state index contributed by atoms with van der Waals surface area (Å²) in [5.41, 5.74) is 1.51. The van der Waals surface area contributed by atoms with E-state index in [-0.39, 0.29) is 5.56 Å². The number of carbonyl (C=O) groups is 1. The smallest absolute Gasteiger partial charge is 0.349 e. The first-order valence-electron chi connectivity index (χ1n) is 7.52. The van der Waals surface area contributed by atoms with Gasteiger partial charge in [-0.05, 0) is 43.7 Å². The zero-order valence-corrected chi connectivity index (χ0v) is 13.6. The fraction of sp³-hybridized carbons (Fsp3) is 0.222. The van der Waals surface area contributed by atoms with Crippen molar-refractivity contribution in [3.8, 4) is 11.5 Å². The van der Waals surface area contributed by atoms with Gasteiger partial charge in [0, 0.05) is 11.3 Å². The van der Waals surface area contributed by atoms with Gasteiger partial charge < -0.3 is 19.2 Å². The number of hydrogen-bond donors (Lipinski definition) is 1. The SMILES string of the molecule is CCOc1ccc(C=C2OC(=O)c3c2cc(C)[nH]c3=O)cc1OC. The molecule has 1 aromatic carbocycles. The van der Waals surface area contributed by atoms with Crippen molar-refractivity contribution in [2.45, 2.75) is 13.8 Å². The Bertz CT molecular complexity index is 895. The molecular formula is C18H17NO5. The first-order valence-corrected chi connectivity index (χ1v) is 7.52. The molecule has 1 aromatic heterocycles. The van der Waals surface area contributed by atoms with Gasteiger partial charge in [-0.2, -0.15) is 0 Å². The second-order valence-electron chi connectivity index (χ2n) is 5.31. The lowest BCUT2D eigenvalue weighted by molar-refractivity contribution is 0.0715. The maximum atomic E-state index is 11.9. The number of rotatable bonds is 4. The third-order valence-electron chi connectivity index (χ3n) is 3.63. The van der Waals surface area contributed by atoms with Gasteiger partial charge in [0.05, 0.1) is 13.7 Å². The quantitative estimate of drug-likeness (QED) is 0.874. The zero-order valence-electron chi connectivity index (χ0n) is 13.6. The van der Waals surface area contributed by atoms with Crippen LogP contribution in [0.15, 0.2) is 29.1 Å². The molecule has 2 aromatic rings. The summed E-state index contributed by atoms with van der Waals surface area (Å²) < 4.78 is 16.0. The van der Waals surface area contributed by atoms with Gasteiger partial charge in [0.2, 0.25) is 0 Å². The summed E-state index contributed by atoms with van der Waals surface area (Å²) in [6.45, 7) is 4.18. The average molecular weight is 327 g/mol. The molecule has 6 nitrogen and oxygen atoms in total. The number of benzene rings is 1. The molecule has 1 aliphatic heterocycles. The van der Waals surface area contributed by atoms with Crippen LogP contribution in [0.4, 0.5) is 0 Å². The number of nitrogens with one attached hydrogen (secondary N) is 1. The van der Waals surface area contributed by atoms with Gasteiger partial charge in [0.1, 0.15) is 11.3 Å². The summed E-state index contributed by atoms with van der Waals surface area (Å²) in [6, 6.07) is 7.12. The van der Waals surface area contributed by atoms with Crippen LogP contribution in [0.3, 0.4) is 0 Å². The number of fused-ring (bicyclic) bond motifs is 1. The molecule has 0 radical (unpaired) electrons. The molecule has 0 amide bonds. The second kappa shape index (κ2) is 6.23. The molecule has 124 valence electrons. The van der Waals surface area contributed by atoms with E-state index in [1.165, 1.54) is 0 Å². The number of carbonyl (C=O) groups excluding carboxylic acids is 1. The highest BCUT2D eigenvalue weighted by Crippen LogP contribution is 2.33. The Hall–Kier alpha value is -3.02. The average Bonchev–Trinajstić information content (AvgIpc) is 2.85. The van der Waals surface area contributed by atoms with Gasteiger partial charge in [-0.15, -0.1) is 0 Å². The molecule has 0 aliphatic carbocycles. The lowest BCUT2D eigenvalue weighted by atomic mass is 10.1. The van der Waals surface area contributed by atoms with Crippen LogP contribution >= 0.6 is 0 Å². The van der Waals surface area contributed by atoms with E-state index in [0.717, 1.165) is 5.56 Å². The molecule has 2 heterocycles. The Morgan fingerprint density at radius 2 is 2.00 bits per heavy atom. The number of H-pyrrole nitrogens is 1. The number of aryl methyl sites for hydroxylation is 1. The Morgan fingerprint density at radius 3 is 2.71 bits per heavy atom. The van der Waals surface area contributed by atoms with E-state index in [2.05, 4.69) is 4.98 Å². The van der Waals surface area contributed by atoms with Gasteiger partial charge in [0.25, 0.3) is 5.56 Å². The molecule has 0 fully saturated rings. The number of cyclic esters (lactones) is 1. The van der Waals surface area contributed by atoms with Crippen LogP contribution in [-0.4, -0.2) is 24.7 Å². The Labute approximate surface area is 138 Å². The molecule has 0 saturated carbocycles. The van der Waals surface area contributed by atoms with Crippen molar-refractivity contribution in [2.75, 3.05) is 13.7 Å². The van der Waals surface area contributed by atoms with E-state index < -0.39 is 11.5 Å². The van der Waals surface area contributed by atoms with Gasteiger partial charge in [0.15, 0.2) is 11.5 Å². The lowest BCUT2D eigenvalue weighted by Gasteiger charge is -2.10. The van der Waals surface area contributed by atoms with Crippen molar-refractivity contribution >= 4 is 17.8 Å². The summed E-state index contributed by atoms with van der Waals surface area (Å²) in [4.78, 5) is 26.5. The maximum absolute atomic E-state index is 11.9. The number of esters is 1. The van der Waals surface area contributed by atoms with Crippen molar-refractivity contribution in [3.63, 3.8) is 0 Å². The topological polar surface area (TPSA) is 77.6 Å². The summed E-state index contributed by atoms with van der Waals surface area (Å²) in [6.07, 6.45) is 1.70. The number of aromatic nitrogens is 1. The zero-order chi connectivity index (χ0) is 17.3. The van der Waals surface area contributed by atoms with Crippen molar-refractivity contribution in [3.05, 3.63) is 57.0 Å². The molecule has 0 saturated heterocycles. The molecule has 1 aliphatic rings. The van der Waals surface area contributed by atoms with Crippen LogP contribution in [0.5, 0.6) is 11.5 Å². The molecule has 3 rings (SSSR count). The predicted octanol–water partition coefficient (Wildman–Crippen LogP) is 2.76. The van der Waals surface area contributed by atoms with Crippen LogP contribution in [0, 0.1) is 6.92 Å². The molecule has 24 heavy (non-hydrogen) atoms. The minimum Gasteiger partial charge on any atom is -0.493 e.